The maximum absolute atomic E-state index is 8.68. The van der Waals surface area contributed by atoms with Crippen LogP contribution in [0.5, 0.6) is 0 Å². The molecule has 0 spiro atoms. The van der Waals surface area contributed by atoms with Gasteiger partial charge in [0.25, 0.3) is 0 Å². The third kappa shape index (κ3) is 1.89. The average Bonchev–Trinajstić information content (AvgIpc) is 2.56. The predicted octanol–water partition coefficient (Wildman–Crippen LogP) is 2.14. The zero-order valence-corrected chi connectivity index (χ0v) is 8.38. The Kier molecular flexibility index (Phi) is 2.70. The van der Waals surface area contributed by atoms with Crippen molar-refractivity contribution < 1.29 is 5.11 Å². The fourth-order valence-corrected chi connectivity index (χ4v) is 1.57. The van der Waals surface area contributed by atoms with Crippen LogP contribution in [0.15, 0.2) is 18.2 Å². The first-order valence-corrected chi connectivity index (χ1v) is 4.92. The van der Waals surface area contributed by atoms with Crippen LogP contribution in [0.2, 0.25) is 5.02 Å². The molecule has 3 nitrogen and oxygen atoms in total. The Labute approximate surface area is 86.7 Å². The van der Waals surface area contributed by atoms with Crippen molar-refractivity contribution in [3.63, 3.8) is 0 Å². The molecule has 0 aliphatic carbocycles. The van der Waals surface area contributed by atoms with Gasteiger partial charge in [0, 0.05) is 18.1 Å². The zero-order chi connectivity index (χ0) is 9.97. The molecule has 0 unspecified atom stereocenters. The van der Waals surface area contributed by atoms with E-state index in [9.17, 15) is 0 Å². The van der Waals surface area contributed by atoms with Crippen molar-refractivity contribution in [1.82, 2.24) is 9.97 Å². The van der Waals surface area contributed by atoms with Crippen molar-refractivity contribution in [2.45, 2.75) is 12.8 Å². The van der Waals surface area contributed by atoms with E-state index in [0.29, 0.717) is 5.02 Å². The number of halogens is 1. The summed E-state index contributed by atoms with van der Waals surface area (Å²) in [7, 11) is 0. The Hall–Kier alpha value is -1.06. The summed E-state index contributed by atoms with van der Waals surface area (Å²) in [6, 6.07) is 5.56. The van der Waals surface area contributed by atoms with Gasteiger partial charge >= 0.3 is 0 Å². The zero-order valence-electron chi connectivity index (χ0n) is 7.63. The largest absolute Gasteiger partial charge is 0.396 e. The number of aliphatic hydroxyl groups excluding tert-OH is 1. The number of benzene rings is 1. The molecule has 74 valence electrons. The minimum absolute atomic E-state index is 0.192. The molecule has 0 aliphatic heterocycles. The standard InChI is InChI=1S/C10H11ClN2O/c11-7-3-4-8-9(6-7)13-10(12-8)2-1-5-14/h3-4,6,14H,1-2,5H2,(H,12,13). The Morgan fingerprint density at radius 1 is 1.43 bits per heavy atom. The van der Waals surface area contributed by atoms with E-state index in [2.05, 4.69) is 9.97 Å². The fourth-order valence-electron chi connectivity index (χ4n) is 1.40. The molecule has 2 rings (SSSR count). The van der Waals surface area contributed by atoms with Gasteiger partial charge in [0.15, 0.2) is 0 Å². The number of imidazole rings is 1. The van der Waals surface area contributed by atoms with Crippen molar-refractivity contribution in [3.8, 4) is 0 Å². The number of aliphatic hydroxyl groups is 1. The van der Waals surface area contributed by atoms with Crippen LogP contribution < -0.4 is 0 Å². The molecule has 1 aromatic heterocycles. The van der Waals surface area contributed by atoms with E-state index in [1.807, 2.05) is 18.2 Å². The Morgan fingerprint density at radius 2 is 2.29 bits per heavy atom. The molecule has 1 aromatic carbocycles. The predicted molar refractivity (Wildman–Crippen MR) is 56.5 cm³/mol. The van der Waals surface area contributed by atoms with Gasteiger partial charge in [-0.2, -0.15) is 0 Å². The Bertz CT molecular complexity index is 439. The molecule has 2 N–H and O–H groups in total. The van der Waals surface area contributed by atoms with E-state index >= 15 is 0 Å². The molecule has 1 heterocycles. The van der Waals surface area contributed by atoms with E-state index in [0.717, 1.165) is 29.7 Å². The number of hydrogen-bond acceptors (Lipinski definition) is 2. The van der Waals surface area contributed by atoms with E-state index in [1.54, 1.807) is 0 Å². The number of aromatic nitrogens is 2. The molecular formula is C10H11ClN2O. The van der Waals surface area contributed by atoms with Crippen molar-refractivity contribution in [1.29, 1.82) is 0 Å². The fraction of sp³-hybridized carbons (Fsp3) is 0.300. The highest BCUT2D eigenvalue weighted by Gasteiger charge is 2.02. The summed E-state index contributed by atoms with van der Waals surface area (Å²) in [4.78, 5) is 7.53. The molecule has 4 heteroatoms. The van der Waals surface area contributed by atoms with E-state index < -0.39 is 0 Å². The van der Waals surface area contributed by atoms with Crippen LogP contribution in [0.4, 0.5) is 0 Å². The van der Waals surface area contributed by atoms with Crippen molar-refractivity contribution in [3.05, 3.63) is 29.0 Å². The minimum Gasteiger partial charge on any atom is -0.396 e. The monoisotopic (exact) mass is 210 g/mol. The smallest absolute Gasteiger partial charge is 0.107 e. The summed E-state index contributed by atoms with van der Waals surface area (Å²) in [6.45, 7) is 0.192. The maximum Gasteiger partial charge on any atom is 0.107 e. The summed E-state index contributed by atoms with van der Waals surface area (Å²) in [6.07, 6.45) is 1.50. The number of nitrogens with zero attached hydrogens (tertiary/aromatic N) is 1. The lowest BCUT2D eigenvalue weighted by molar-refractivity contribution is 0.287. The van der Waals surface area contributed by atoms with Gasteiger partial charge in [0.1, 0.15) is 5.82 Å². The second kappa shape index (κ2) is 3.98. The van der Waals surface area contributed by atoms with Gasteiger partial charge in [-0.1, -0.05) is 11.6 Å². The second-order valence-electron chi connectivity index (χ2n) is 3.17. The van der Waals surface area contributed by atoms with Gasteiger partial charge in [-0.3, -0.25) is 0 Å². The van der Waals surface area contributed by atoms with Crippen LogP contribution in [0.1, 0.15) is 12.2 Å². The highest BCUT2D eigenvalue weighted by molar-refractivity contribution is 6.31. The third-order valence-electron chi connectivity index (χ3n) is 2.06. The molecule has 2 aromatic rings. The minimum atomic E-state index is 0.192. The molecule has 0 saturated heterocycles. The van der Waals surface area contributed by atoms with Gasteiger partial charge in [-0.15, -0.1) is 0 Å². The van der Waals surface area contributed by atoms with Crippen LogP contribution >= 0.6 is 11.6 Å². The molecular weight excluding hydrogens is 200 g/mol. The number of hydrogen-bond donors (Lipinski definition) is 2. The summed E-state index contributed by atoms with van der Waals surface area (Å²) in [5.74, 6) is 0.899. The highest BCUT2D eigenvalue weighted by Crippen LogP contribution is 2.17. The number of rotatable bonds is 3. The van der Waals surface area contributed by atoms with Crippen LogP contribution in [-0.2, 0) is 6.42 Å². The molecule has 0 radical (unpaired) electrons. The topological polar surface area (TPSA) is 48.9 Å². The van der Waals surface area contributed by atoms with E-state index in [-0.39, 0.29) is 6.61 Å². The van der Waals surface area contributed by atoms with Crippen molar-refractivity contribution in [2.24, 2.45) is 0 Å². The Morgan fingerprint density at radius 3 is 3.07 bits per heavy atom. The first-order chi connectivity index (χ1) is 6.79. The van der Waals surface area contributed by atoms with E-state index in [4.69, 9.17) is 16.7 Å². The Balaban J connectivity index is 2.32. The number of H-pyrrole nitrogens is 1. The van der Waals surface area contributed by atoms with Crippen molar-refractivity contribution in [2.75, 3.05) is 6.61 Å². The van der Waals surface area contributed by atoms with Gasteiger partial charge in [-0.05, 0) is 24.6 Å². The summed E-state index contributed by atoms with van der Waals surface area (Å²) in [5, 5.41) is 9.39. The average molecular weight is 211 g/mol. The van der Waals surface area contributed by atoms with Crippen LogP contribution in [0.3, 0.4) is 0 Å². The van der Waals surface area contributed by atoms with Crippen LogP contribution in [0, 0.1) is 0 Å². The third-order valence-corrected chi connectivity index (χ3v) is 2.30. The number of nitrogens with one attached hydrogen (secondary N) is 1. The SMILES string of the molecule is OCCCc1nc2ccc(Cl)cc2[nH]1. The lowest BCUT2D eigenvalue weighted by Crippen LogP contribution is -1.90. The molecule has 0 bridgehead atoms. The second-order valence-corrected chi connectivity index (χ2v) is 3.61. The number of fused-ring (bicyclic) bond motifs is 1. The highest BCUT2D eigenvalue weighted by atomic mass is 35.5. The summed E-state index contributed by atoms with van der Waals surface area (Å²) in [5.41, 5.74) is 1.87. The van der Waals surface area contributed by atoms with Crippen LogP contribution in [-0.4, -0.2) is 21.7 Å². The lowest BCUT2D eigenvalue weighted by Gasteiger charge is -1.90. The maximum atomic E-state index is 8.68. The quantitative estimate of drug-likeness (QED) is 0.816. The summed E-state index contributed by atoms with van der Waals surface area (Å²) < 4.78 is 0. The van der Waals surface area contributed by atoms with Gasteiger partial charge < -0.3 is 10.1 Å². The molecule has 0 atom stereocenters. The molecule has 0 saturated carbocycles. The molecule has 0 fully saturated rings. The normalized spacial score (nSPS) is 11.0. The van der Waals surface area contributed by atoms with Gasteiger partial charge in [0.2, 0.25) is 0 Å². The lowest BCUT2D eigenvalue weighted by atomic mass is 10.3. The van der Waals surface area contributed by atoms with Crippen molar-refractivity contribution >= 4 is 22.6 Å². The molecule has 14 heavy (non-hydrogen) atoms. The summed E-state index contributed by atoms with van der Waals surface area (Å²) >= 11 is 5.84. The van der Waals surface area contributed by atoms with E-state index in [1.165, 1.54) is 0 Å². The van der Waals surface area contributed by atoms with Gasteiger partial charge in [-0.25, -0.2) is 4.98 Å². The number of aromatic amines is 1. The molecule has 0 aliphatic rings. The number of aryl methyl sites for hydroxylation is 1. The first kappa shape index (κ1) is 9.49. The van der Waals surface area contributed by atoms with Crippen LogP contribution in [0.25, 0.3) is 11.0 Å². The van der Waals surface area contributed by atoms with Gasteiger partial charge in [0.05, 0.1) is 11.0 Å². The molecule has 0 amide bonds. The first-order valence-electron chi connectivity index (χ1n) is 4.54.